The van der Waals surface area contributed by atoms with Gasteiger partial charge in [0.2, 0.25) is 0 Å². The van der Waals surface area contributed by atoms with Crippen LogP contribution in [0.4, 0.5) is 13.2 Å². The normalized spacial score (nSPS) is 32.7. The molecule has 0 aromatic heterocycles. The highest BCUT2D eigenvalue weighted by Gasteiger charge is 2.44. The summed E-state index contributed by atoms with van der Waals surface area (Å²) in [5, 5.41) is 2.89. The molecule has 2 fully saturated rings. The van der Waals surface area contributed by atoms with Crippen LogP contribution in [0.2, 0.25) is 0 Å². The van der Waals surface area contributed by atoms with Gasteiger partial charge in [0.1, 0.15) is 6.04 Å². The van der Waals surface area contributed by atoms with Crippen molar-refractivity contribution < 1.29 is 13.2 Å². The summed E-state index contributed by atoms with van der Waals surface area (Å²) in [7, 11) is 2.01. The number of nitrogens with zero attached hydrogens (tertiary/aromatic N) is 2. The van der Waals surface area contributed by atoms with E-state index in [0.717, 1.165) is 25.8 Å². The Bertz CT molecular complexity index is 270. The van der Waals surface area contributed by atoms with Crippen molar-refractivity contribution in [3.05, 3.63) is 0 Å². The maximum atomic E-state index is 13.0. The highest BCUT2D eigenvalue weighted by atomic mass is 19.4. The van der Waals surface area contributed by atoms with Crippen LogP contribution in [0.1, 0.15) is 19.3 Å². The van der Waals surface area contributed by atoms with E-state index in [2.05, 4.69) is 10.2 Å². The van der Waals surface area contributed by atoms with Crippen molar-refractivity contribution in [2.24, 2.45) is 0 Å². The van der Waals surface area contributed by atoms with Crippen LogP contribution in [-0.4, -0.2) is 67.8 Å². The molecule has 0 aromatic rings. The Balaban J connectivity index is 2.01. The zero-order valence-electron chi connectivity index (χ0n) is 10.8. The molecule has 2 atom stereocenters. The first-order chi connectivity index (χ1) is 8.48. The predicted octanol–water partition coefficient (Wildman–Crippen LogP) is 1.31. The van der Waals surface area contributed by atoms with E-state index in [4.69, 9.17) is 0 Å². The number of halogens is 3. The van der Waals surface area contributed by atoms with Crippen LogP contribution in [0.15, 0.2) is 0 Å². The van der Waals surface area contributed by atoms with Gasteiger partial charge in [0.25, 0.3) is 0 Å². The number of likely N-dealkylation sites (N-methyl/N-ethyl adjacent to an activating group) is 1. The molecule has 3 nitrogen and oxygen atoms in total. The van der Waals surface area contributed by atoms with Gasteiger partial charge < -0.3 is 10.2 Å². The van der Waals surface area contributed by atoms with Gasteiger partial charge in [-0.2, -0.15) is 13.2 Å². The number of likely N-dealkylation sites (tertiary alicyclic amines) is 1. The van der Waals surface area contributed by atoms with Crippen LogP contribution in [0, 0.1) is 0 Å². The van der Waals surface area contributed by atoms with E-state index >= 15 is 0 Å². The van der Waals surface area contributed by atoms with Gasteiger partial charge in [0.15, 0.2) is 0 Å². The third-order valence-electron chi connectivity index (χ3n) is 4.07. The van der Waals surface area contributed by atoms with E-state index in [-0.39, 0.29) is 12.6 Å². The molecule has 1 N–H and O–H groups in total. The molecule has 106 valence electrons. The Morgan fingerprint density at radius 2 is 2.00 bits per heavy atom. The molecule has 2 aliphatic heterocycles. The van der Waals surface area contributed by atoms with Crippen LogP contribution < -0.4 is 5.32 Å². The average Bonchev–Trinajstić information content (AvgIpc) is 2.54. The Kier molecular flexibility index (Phi) is 4.50. The second-order valence-corrected chi connectivity index (χ2v) is 5.39. The number of alkyl halides is 3. The first-order valence-electron chi connectivity index (χ1n) is 6.70. The monoisotopic (exact) mass is 265 g/mol. The zero-order chi connectivity index (χ0) is 13.2. The van der Waals surface area contributed by atoms with Gasteiger partial charge in [0.05, 0.1) is 0 Å². The summed E-state index contributed by atoms with van der Waals surface area (Å²) in [6.07, 6.45) is -1.22. The third-order valence-corrected chi connectivity index (χ3v) is 4.07. The van der Waals surface area contributed by atoms with Crippen LogP contribution in [0.5, 0.6) is 0 Å². The first kappa shape index (κ1) is 14.1. The largest absolute Gasteiger partial charge is 0.405 e. The molecule has 0 aromatic carbocycles. The lowest BCUT2D eigenvalue weighted by atomic mass is 10.1. The summed E-state index contributed by atoms with van der Waals surface area (Å²) in [5.74, 6) is 0. The molecule has 0 amide bonds. The summed E-state index contributed by atoms with van der Waals surface area (Å²) >= 11 is 0. The number of hydrogen-bond acceptors (Lipinski definition) is 3. The van der Waals surface area contributed by atoms with Crippen LogP contribution in [0.3, 0.4) is 0 Å². The van der Waals surface area contributed by atoms with Crippen molar-refractivity contribution in [2.75, 3.05) is 39.8 Å². The maximum absolute atomic E-state index is 13.0. The molecule has 2 rings (SSSR count). The minimum Gasteiger partial charge on any atom is -0.315 e. The molecule has 2 unspecified atom stereocenters. The van der Waals surface area contributed by atoms with Crippen molar-refractivity contribution in [1.82, 2.24) is 15.1 Å². The third kappa shape index (κ3) is 3.36. The molecule has 0 spiro atoms. The van der Waals surface area contributed by atoms with Crippen molar-refractivity contribution >= 4 is 0 Å². The Morgan fingerprint density at radius 3 is 2.61 bits per heavy atom. The first-order valence-corrected chi connectivity index (χ1v) is 6.70. The van der Waals surface area contributed by atoms with E-state index < -0.39 is 12.2 Å². The fraction of sp³-hybridized carbons (Fsp3) is 1.00. The van der Waals surface area contributed by atoms with Crippen LogP contribution in [-0.2, 0) is 0 Å². The minimum atomic E-state index is -4.13. The topological polar surface area (TPSA) is 18.5 Å². The SMILES string of the molecule is CN1CCCC1CN1CCCNCC1C(F)(F)F. The zero-order valence-corrected chi connectivity index (χ0v) is 10.8. The second kappa shape index (κ2) is 5.75. The van der Waals surface area contributed by atoms with E-state index in [1.54, 1.807) is 4.90 Å². The molecule has 18 heavy (non-hydrogen) atoms. The van der Waals surface area contributed by atoms with E-state index in [1.807, 2.05) is 7.05 Å². The van der Waals surface area contributed by atoms with Crippen molar-refractivity contribution in [1.29, 1.82) is 0 Å². The Labute approximate surface area is 106 Å². The summed E-state index contributed by atoms with van der Waals surface area (Å²) in [6.45, 7) is 2.81. The molecule has 0 aliphatic carbocycles. The van der Waals surface area contributed by atoms with Gasteiger partial charge in [-0.3, -0.25) is 4.90 Å². The summed E-state index contributed by atoms with van der Waals surface area (Å²) in [6, 6.07) is -1.04. The van der Waals surface area contributed by atoms with Gasteiger partial charge >= 0.3 is 6.18 Å². The van der Waals surface area contributed by atoms with E-state index in [1.165, 1.54) is 0 Å². The minimum absolute atomic E-state index is 0.0277. The number of nitrogens with one attached hydrogen (secondary N) is 1. The van der Waals surface area contributed by atoms with Gasteiger partial charge in [-0.05, 0) is 39.4 Å². The van der Waals surface area contributed by atoms with Gasteiger partial charge in [-0.15, -0.1) is 0 Å². The predicted molar refractivity (Wildman–Crippen MR) is 64.6 cm³/mol. The van der Waals surface area contributed by atoms with Crippen LogP contribution >= 0.6 is 0 Å². The molecule has 2 saturated heterocycles. The molecule has 0 radical (unpaired) electrons. The molecule has 6 heteroatoms. The lowest BCUT2D eigenvalue weighted by Crippen LogP contribution is -2.53. The Hall–Kier alpha value is -0.330. The van der Waals surface area contributed by atoms with Crippen LogP contribution in [0.25, 0.3) is 0 Å². The lowest BCUT2D eigenvalue weighted by molar-refractivity contribution is -0.182. The van der Waals surface area contributed by atoms with Crippen molar-refractivity contribution in [3.8, 4) is 0 Å². The highest BCUT2D eigenvalue weighted by Crippen LogP contribution is 2.27. The maximum Gasteiger partial charge on any atom is 0.405 e. The highest BCUT2D eigenvalue weighted by molar-refractivity contribution is 4.88. The molecule has 0 saturated carbocycles. The lowest BCUT2D eigenvalue weighted by Gasteiger charge is -2.34. The van der Waals surface area contributed by atoms with Gasteiger partial charge in [-0.1, -0.05) is 0 Å². The molecule has 2 aliphatic rings. The molecular weight excluding hydrogens is 243 g/mol. The molecule has 0 bridgehead atoms. The van der Waals surface area contributed by atoms with Gasteiger partial charge in [0, 0.05) is 25.7 Å². The number of rotatable bonds is 2. The van der Waals surface area contributed by atoms with Crippen molar-refractivity contribution in [2.45, 2.75) is 37.5 Å². The van der Waals surface area contributed by atoms with Gasteiger partial charge in [-0.25, -0.2) is 0 Å². The average molecular weight is 265 g/mol. The standard InChI is InChI=1S/C12H22F3N3/c1-17-6-2-4-10(17)9-18-7-3-5-16-8-11(18)12(13,14)15/h10-11,16H,2-9H2,1H3. The molecular formula is C12H22F3N3. The fourth-order valence-electron chi connectivity index (χ4n) is 2.95. The van der Waals surface area contributed by atoms with E-state index in [9.17, 15) is 13.2 Å². The Morgan fingerprint density at radius 1 is 1.22 bits per heavy atom. The second-order valence-electron chi connectivity index (χ2n) is 5.39. The summed E-state index contributed by atoms with van der Waals surface area (Å²) in [4.78, 5) is 3.82. The smallest absolute Gasteiger partial charge is 0.315 e. The summed E-state index contributed by atoms with van der Waals surface area (Å²) < 4.78 is 39.1. The van der Waals surface area contributed by atoms with E-state index in [0.29, 0.717) is 19.6 Å². The van der Waals surface area contributed by atoms with Crippen molar-refractivity contribution in [3.63, 3.8) is 0 Å². The molecule has 2 heterocycles. The summed E-state index contributed by atoms with van der Waals surface area (Å²) in [5.41, 5.74) is 0. The number of hydrogen-bond donors (Lipinski definition) is 1. The quantitative estimate of drug-likeness (QED) is 0.812. The fourth-order valence-corrected chi connectivity index (χ4v) is 2.95.